The van der Waals surface area contributed by atoms with Gasteiger partial charge in [0.1, 0.15) is 16.4 Å². The van der Waals surface area contributed by atoms with Gasteiger partial charge in [0.05, 0.1) is 23.1 Å². The van der Waals surface area contributed by atoms with Gasteiger partial charge in [-0.1, -0.05) is 84.4 Å². The van der Waals surface area contributed by atoms with E-state index in [1.165, 1.54) is 6.07 Å². The molecule has 0 aromatic heterocycles. The molecule has 2 atom stereocenters. The zero-order chi connectivity index (χ0) is 27.8. The predicted octanol–water partition coefficient (Wildman–Crippen LogP) is 6.79. The lowest BCUT2D eigenvalue weighted by Crippen LogP contribution is -2.57. The average molecular weight is 589 g/mol. The number of anilines is 1. The Balaban J connectivity index is 1.28. The van der Waals surface area contributed by atoms with Crippen LogP contribution in [0.2, 0.25) is 5.02 Å². The van der Waals surface area contributed by atoms with Crippen molar-refractivity contribution in [1.29, 1.82) is 0 Å². The van der Waals surface area contributed by atoms with E-state index in [-0.39, 0.29) is 17.9 Å². The number of alkyl halides is 2. The van der Waals surface area contributed by atoms with Crippen LogP contribution in [-0.4, -0.2) is 17.8 Å². The summed E-state index contributed by atoms with van der Waals surface area (Å²) in [7, 11) is 0. The molecule has 2 amide bonds. The number of carbonyl (C=O) groups is 3. The van der Waals surface area contributed by atoms with Gasteiger partial charge in [0.2, 0.25) is 11.8 Å². The Morgan fingerprint density at radius 2 is 1.23 bits per heavy atom. The van der Waals surface area contributed by atoms with Crippen molar-refractivity contribution in [3.05, 3.63) is 135 Å². The molecule has 0 saturated carbocycles. The molecule has 1 saturated heterocycles. The van der Waals surface area contributed by atoms with E-state index in [0.717, 1.165) is 27.2 Å². The molecule has 2 bridgehead atoms. The first-order valence-corrected chi connectivity index (χ1v) is 13.9. The van der Waals surface area contributed by atoms with Crippen LogP contribution in [0.25, 0.3) is 0 Å². The maximum Gasteiger partial charge on any atom is 0.338 e. The normalized spacial score (nSPS) is 25.8. The van der Waals surface area contributed by atoms with Gasteiger partial charge in [-0.3, -0.25) is 9.59 Å². The van der Waals surface area contributed by atoms with Crippen molar-refractivity contribution >= 4 is 58.3 Å². The Morgan fingerprint density at radius 1 is 0.725 bits per heavy atom. The van der Waals surface area contributed by atoms with Crippen LogP contribution in [-0.2, 0) is 30.7 Å². The highest BCUT2D eigenvalue weighted by Gasteiger charge is 2.73. The van der Waals surface area contributed by atoms with Crippen LogP contribution in [0.4, 0.5) is 5.69 Å². The number of imide groups is 1. The fourth-order valence-electron chi connectivity index (χ4n) is 6.54. The molecule has 0 N–H and O–H groups in total. The molecule has 1 fully saturated rings. The second-order valence-corrected chi connectivity index (χ2v) is 11.8. The third-order valence-corrected chi connectivity index (χ3v) is 9.90. The number of carbonyl (C=O) groups excluding carboxylic acids is 3. The highest BCUT2D eigenvalue weighted by molar-refractivity contribution is 6.38. The lowest BCUT2D eigenvalue weighted by molar-refractivity contribution is -0.122. The van der Waals surface area contributed by atoms with E-state index < -0.39 is 39.4 Å². The molecule has 1 aliphatic heterocycles. The zero-order valence-electron chi connectivity index (χ0n) is 20.8. The van der Waals surface area contributed by atoms with E-state index in [9.17, 15) is 14.4 Å². The number of nitrogens with zero attached hydrogens (tertiary/aromatic N) is 1. The molecule has 1 heterocycles. The van der Waals surface area contributed by atoms with Gasteiger partial charge in [0.15, 0.2) is 0 Å². The highest BCUT2D eigenvalue weighted by atomic mass is 35.5. The molecule has 4 aliphatic rings. The van der Waals surface area contributed by atoms with Gasteiger partial charge >= 0.3 is 5.97 Å². The third-order valence-electron chi connectivity index (χ3n) is 8.24. The van der Waals surface area contributed by atoms with Crippen LogP contribution in [0.15, 0.2) is 97.1 Å². The van der Waals surface area contributed by atoms with Gasteiger partial charge in [0, 0.05) is 10.6 Å². The Kier molecular flexibility index (Phi) is 5.66. The Labute approximate surface area is 245 Å². The summed E-state index contributed by atoms with van der Waals surface area (Å²) in [5.41, 5.74) is 4.02. The van der Waals surface area contributed by atoms with Crippen molar-refractivity contribution in [2.24, 2.45) is 11.8 Å². The minimum absolute atomic E-state index is 0.0193. The first-order valence-electron chi connectivity index (χ1n) is 12.7. The van der Waals surface area contributed by atoms with Crippen LogP contribution in [0.3, 0.4) is 0 Å². The molecule has 5 nitrogen and oxygen atoms in total. The standard InChI is InChI=1S/C32H20Cl3NO4/c33-25-15-6-1-8-19(25)17-40-30(39)18-9-7-10-20(16-18)36-28(37)26-27(29(36)38)32(35)22-12-3-2-11-21(22)31(26,34)23-13-4-5-14-24(23)32/h1-16,26-27H,17H2/t26-,27-,31?,32?/m0/s1. The highest BCUT2D eigenvalue weighted by Crippen LogP contribution is 2.69. The quantitative estimate of drug-likeness (QED) is 0.150. The molecule has 4 aromatic rings. The zero-order valence-corrected chi connectivity index (χ0v) is 23.1. The molecule has 8 rings (SSSR count). The summed E-state index contributed by atoms with van der Waals surface area (Å²) in [5, 5.41) is 0.488. The van der Waals surface area contributed by atoms with E-state index in [1.54, 1.807) is 42.5 Å². The lowest BCUT2D eigenvalue weighted by atomic mass is 9.54. The maximum atomic E-state index is 14.2. The summed E-state index contributed by atoms with van der Waals surface area (Å²) in [6.07, 6.45) is 0. The number of hydrogen-bond donors (Lipinski definition) is 0. The predicted molar refractivity (Wildman–Crippen MR) is 153 cm³/mol. The molecule has 0 unspecified atom stereocenters. The van der Waals surface area contributed by atoms with Gasteiger partial charge in [-0.2, -0.15) is 0 Å². The van der Waals surface area contributed by atoms with Gasteiger partial charge in [0.25, 0.3) is 0 Å². The molecule has 3 aliphatic carbocycles. The van der Waals surface area contributed by atoms with Crippen molar-refractivity contribution < 1.29 is 19.1 Å². The minimum atomic E-state index is -1.28. The summed E-state index contributed by atoms with van der Waals surface area (Å²) in [5.74, 6) is -3.39. The molecule has 40 heavy (non-hydrogen) atoms. The monoisotopic (exact) mass is 587 g/mol. The molecule has 0 spiro atoms. The fraction of sp³-hybridized carbons (Fsp3) is 0.156. The molecular formula is C32H20Cl3NO4. The van der Waals surface area contributed by atoms with Crippen molar-refractivity contribution in [2.45, 2.75) is 16.4 Å². The first kappa shape index (κ1) is 25.3. The van der Waals surface area contributed by atoms with Gasteiger partial charge in [-0.25, -0.2) is 9.69 Å². The largest absolute Gasteiger partial charge is 0.457 e. The lowest BCUT2D eigenvalue weighted by Gasteiger charge is -2.54. The second kappa shape index (κ2) is 8.93. The number of amides is 2. The van der Waals surface area contributed by atoms with Gasteiger partial charge in [-0.05, 0) is 46.5 Å². The van der Waals surface area contributed by atoms with Crippen molar-refractivity contribution in [3.8, 4) is 0 Å². The van der Waals surface area contributed by atoms with Crippen LogP contribution in [0, 0.1) is 11.8 Å². The van der Waals surface area contributed by atoms with E-state index in [0.29, 0.717) is 10.6 Å². The van der Waals surface area contributed by atoms with E-state index in [4.69, 9.17) is 39.5 Å². The summed E-state index contributed by atoms with van der Waals surface area (Å²) in [6, 6.07) is 28.3. The smallest absolute Gasteiger partial charge is 0.338 e. The molecule has 8 heteroatoms. The Hall–Kier alpha value is -3.64. The number of ether oxygens (including phenoxy) is 1. The Bertz CT molecular complexity index is 1630. The minimum Gasteiger partial charge on any atom is -0.457 e. The van der Waals surface area contributed by atoms with Crippen LogP contribution >= 0.6 is 34.8 Å². The Morgan fingerprint density at radius 3 is 1.75 bits per heavy atom. The van der Waals surface area contributed by atoms with Crippen LogP contribution < -0.4 is 4.90 Å². The van der Waals surface area contributed by atoms with Crippen LogP contribution in [0.1, 0.15) is 38.2 Å². The summed E-state index contributed by atoms with van der Waals surface area (Å²) in [6.45, 7) is -0.0193. The first-order chi connectivity index (χ1) is 19.3. The van der Waals surface area contributed by atoms with E-state index in [1.807, 2.05) is 48.5 Å². The second-order valence-electron chi connectivity index (χ2n) is 10.2. The number of benzene rings is 4. The number of halogens is 3. The van der Waals surface area contributed by atoms with Crippen molar-refractivity contribution in [3.63, 3.8) is 0 Å². The third kappa shape index (κ3) is 3.26. The van der Waals surface area contributed by atoms with E-state index >= 15 is 0 Å². The van der Waals surface area contributed by atoms with Crippen molar-refractivity contribution in [1.82, 2.24) is 0 Å². The maximum absolute atomic E-state index is 14.2. The number of rotatable bonds is 4. The number of hydrogen-bond acceptors (Lipinski definition) is 4. The van der Waals surface area contributed by atoms with E-state index in [2.05, 4.69) is 0 Å². The molecule has 0 radical (unpaired) electrons. The summed E-state index contributed by atoms with van der Waals surface area (Å²) < 4.78 is 5.47. The summed E-state index contributed by atoms with van der Waals surface area (Å²) >= 11 is 21.2. The van der Waals surface area contributed by atoms with Crippen molar-refractivity contribution in [2.75, 3.05) is 4.90 Å². The summed E-state index contributed by atoms with van der Waals surface area (Å²) in [4.78, 5) is 39.8. The number of esters is 1. The van der Waals surface area contributed by atoms with Crippen LogP contribution in [0.5, 0.6) is 0 Å². The topological polar surface area (TPSA) is 63.7 Å². The molecule has 4 aromatic carbocycles. The molecular weight excluding hydrogens is 569 g/mol. The molecule has 198 valence electrons. The fourth-order valence-corrected chi connectivity index (χ4v) is 7.82. The SMILES string of the molecule is O=C(OCc1ccccc1Cl)c1cccc(N2C(=O)[C@@H]3[C@@H](C2=O)C2(Cl)c4ccccc4C3(Cl)c3ccccc32)c1. The average Bonchev–Trinajstić information content (AvgIpc) is 3.26. The van der Waals surface area contributed by atoms with Gasteiger partial charge in [-0.15, -0.1) is 23.2 Å². The van der Waals surface area contributed by atoms with Gasteiger partial charge < -0.3 is 4.74 Å².